The third-order valence-electron chi connectivity index (χ3n) is 4.69. The number of hydrogen-bond donors (Lipinski definition) is 1. The Hall–Kier alpha value is -2.64. The second kappa shape index (κ2) is 7.41. The highest BCUT2D eigenvalue weighted by molar-refractivity contribution is 8.26. The number of rotatable bonds is 3. The lowest BCUT2D eigenvalue weighted by Crippen LogP contribution is -2.38. The van der Waals surface area contributed by atoms with E-state index in [1.54, 1.807) is 11.0 Å². The molecule has 2 aliphatic rings. The molecule has 0 spiro atoms. The summed E-state index contributed by atoms with van der Waals surface area (Å²) in [4.78, 5) is 26.8. The van der Waals surface area contributed by atoms with Crippen molar-refractivity contribution in [2.75, 3.05) is 11.5 Å². The van der Waals surface area contributed by atoms with E-state index in [0.29, 0.717) is 27.2 Å². The van der Waals surface area contributed by atoms with E-state index in [4.69, 9.17) is 17.0 Å². The summed E-state index contributed by atoms with van der Waals surface area (Å²) in [6, 6.07) is 11.8. The molecule has 0 aliphatic carbocycles. The van der Waals surface area contributed by atoms with Gasteiger partial charge in [-0.3, -0.25) is 9.59 Å². The van der Waals surface area contributed by atoms with Crippen LogP contribution in [-0.4, -0.2) is 22.7 Å². The lowest BCUT2D eigenvalue weighted by molar-refractivity contribution is -0.121. The molecule has 2 aliphatic heterocycles. The molecule has 1 fully saturated rings. The van der Waals surface area contributed by atoms with Crippen molar-refractivity contribution in [3.63, 3.8) is 0 Å². The Labute approximate surface area is 172 Å². The molecule has 28 heavy (non-hydrogen) atoms. The molecule has 0 atom stereocenters. The zero-order chi connectivity index (χ0) is 19.8. The Balaban J connectivity index is 1.69. The van der Waals surface area contributed by atoms with Gasteiger partial charge in [-0.15, -0.1) is 0 Å². The number of ether oxygens (including phenoxy) is 1. The lowest BCUT2D eigenvalue weighted by Gasteiger charge is -2.30. The first-order valence-corrected chi connectivity index (χ1v) is 10.0. The number of nitrogens with zero attached hydrogens (tertiary/aromatic N) is 1. The summed E-state index contributed by atoms with van der Waals surface area (Å²) in [5.74, 6) is 0.365. The Kier molecular flexibility index (Phi) is 4.95. The van der Waals surface area contributed by atoms with Gasteiger partial charge in [-0.05, 0) is 48.7 Å². The van der Waals surface area contributed by atoms with Crippen LogP contribution < -0.4 is 15.0 Å². The SMILES string of the molecule is Cc1ccc(CN2C(=O)COc3ccc(/C=C4/SC(=S)NC4=O)cc32)c(C)c1. The van der Waals surface area contributed by atoms with Crippen molar-refractivity contribution in [3.8, 4) is 5.75 Å². The monoisotopic (exact) mass is 410 g/mol. The highest BCUT2D eigenvalue weighted by atomic mass is 32.2. The van der Waals surface area contributed by atoms with Gasteiger partial charge < -0.3 is 15.0 Å². The predicted molar refractivity (Wildman–Crippen MR) is 115 cm³/mol. The number of amides is 2. The van der Waals surface area contributed by atoms with Crippen LogP contribution in [0.2, 0.25) is 0 Å². The zero-order valence-corrected chi connectivity index (χ0v) is 17.1. The highest BCUT2D eigenvalue weighted by Gasteiger charge is 2.27. The molecule has 2 amide bonds. The van der Waals surface area contributed by atoms with E-state index in [1.165, 1.54) is 17.3 Å². The second-order valence-corrected chi connectivity index (χ2v) is 8.50. The molecule has 0 aromatic heterocycles. The number of nitrogens with one attached hydrogen (secondary N) is 1. The highest BCUT2D eigenvalue weighted by Crippen LogP contribution is 2.36. The number of carbonyl (C=O) groups excluding carboxylic acids is 2. The largest absolute Gasteiger partial charge is 0.482 e. The first kappa shape index (κ1) is 18.7. The molecule has 7 heteroatoms. The van der Waals surface area contributed by atoms with E-state index in [1.807, 2.05) is 31.2 Å². The van der Waals surface area contributed by atoms with Crippen molar-refractivity contribution in [3.05, 3.63) is 63.6 Å². The molecular weight excluding hydrogens is 392 g/mol. The van der Waals surface area contributed by atoms with Crippen LogP contribution in [0.1, 0.15) is 22.3 Å². The van der Waals surface area contributed by atoms with Crippen LogP contribution in [0.25, 0.3) is 6.08 Å². The second-order valence-electron chi connectivity index (χ2n) is 6.78. The fraction of sp³-hybridized carbons (Fsp3) is 0.190. The normalized spacial score (nSPS) is 17.6. The van der Waals surface area contributed by atoms with Crippen molar-refractivity contribution in [2.45, 2.75) is 20.4 Å². The Bertz CT molecular complexity index is 1050. The van der Waals surface area contributed by atoms with Crippen molar-refractivity contribution in [1.29, 1.82) is 0 Å². The summed E-state index contributed by atoms with van der Waals surface area (Å²) < 4.78 is 6.05. The van der Waals surface area contributed by atoms with Crippen molar-refractivity contribution >= 4 is 51.9 Å². The number of thiocarbonyl (C=S) groups is 1. The maximum absolute atomic E-state index is 12.6. The third-order valence-corrected chi connectivity index (χ3v) is 5.86. The average molecular weight is 411 g/mol. The van der Waals surface area contributed by atoms with Crippen molar-refractivity contribution in [1.82, 2.24) is 5.32 Å². The minimum atomic E-state index is -0.202. The van der Waals surface area contributed by atoms with Crippen LogP contribution in [0.4, 0.5) is 5.69 Å². The molecule has 5 nitrogen and oxygen atoms in total. The fourth-order valence-electron chi connectivity index (χ4n) is 3.25. The molecule has 1 N–H and O–H groups in total. The number of benzene rings is 2. The van der Waals surface area contributed by atoms with Gasteiger partial charge in [0, 0.05) is 0 Å². The molecule has 0 saturated carbocycles. The first-order valence-electron chi connectivity index (χ1n) is 8.79. The van der Waals surface area contributed by atoms with Crippen molar-refractivity contribution in [2.24, 2.45) is 0 Å². The minimum Gasteiger partial charge on any atom is -0.482 e. The molecule has 0 bridgehead atoms. The number of carbonyl (C=O) groups is 2. The summed E-state index contributed by atoms with van der Waals surface area (Å²) in [6.45, 7) is 4.59. The lowest BCUT2D eigenvalue weighted by atomic mass is 10.0. The van der Waals surface area contributed by atoms with Gasteiger partial charge >= 0.3 is 0 Å². The van der Waals surface area contributed by atoms with Crippen LogP contribution in [0.3, 0.4) is 0 Å². The van der Waals surface area contributed by atoms with Crippen LogP contribution in [-0.2, 0) is 16.1 Å². The van der Waals surface area contributed by atoms with Gasteiger partial charge in [-0.1, -0.05) is 53.8 Å². The zero-order valence-electron chi connectivity index (χ0n) is 15.4. The molecule has 0 radical (unpaired) electrons. The van der Waals surface area contributed by atoms with Crippen LogP contribution >= 0.6 is 24.0 Å². The minimum absolute atomic E-state index is 0.0187. The van der Waals surface area contributed by atoms with Crippen LogP contribution in [0, 0.1) is 13.8 Å². The van der Waals surface area contributed by atoms with E-state index >= 15 is 0 Å². The predicted octanol–water partition coefficient (Wildman–Crippen LogP) is 3.72. The van der Waals surface area contributed by atoms with E-state index in [2.05, 4.69) is 24.4 Å². The van der Waals surface area contributed by atoms with Gasteiger partial charge in [0.15, 0.2) is 6.61 Å². The number of anilines is 1. The van der Waals surface area contributed by atoms with E-state index in [9.17, 15) is 9.59 Å². The van der Waals surface area contributed by atoms with Crippen LogP contribution in [0.15, 0.2) is 41.3 Å². The van der Waals surface area contributed by atoms with Gasteiger partial charge in [0.2, 0.25) is 0 Å². The fourth-order valence-corrected chi connectivity index (χ4v) is 4.29. The molecule has 0 unspecified atom stereocenters. The topological polar surface area (TPSA) is 58.6 Å². The summed E-state index contributed by atoms with van der Waals surface area (Å²) in [5, 5.41) is 2.61. The smallest absolute Gasteiger partial charge is 0.265 e. The van der Waals surface area contributed by atoms with Gasteiger partial charge in [0.25, 0.3) is 11.8 Å². The van der Waals surface area contributed by atoms with Gasteiger partial charge in [-0.25, -0.2) is 0 Å². The quantitative estimate of drug-likeness (QED) is 0.617. The van der Waals surface area contributed by atoms with Crippen LogP contribution in [0.5, 0.6) is 5.75 Å². The number of aryl methyl sites for hydroxylation is 2. The molecule has 1 saturated heterocycles. The third kappa shape index (κ3) is 3.68. The van der Waals surface area contributed by atoms with E-state index in [0.717, 1.165) is 16.7 Å². The van der Waals surface area contributed by atoms with Gasteiger partial charge in [0.1, 0.15) is 10.1 Å². The summed E-state index contributed by atoms with van der Waals surface area (Å²) in [7, 11) is 0. The molecule has 2 aromatic carbocycles. The maximum atomic E-state index is 12.6. The summed E-state index contributed by atoms with van der Waals surface area (Å²) >= 11 is 6.27. The standard InChI is InChI=1S/C21H18N2O3S2/c1-12-3-5-15(13(2)7-12)10-23-16-8-14(4-6-17(16)26-11-19(23)24)9-18-20(25)22-21(27)28-18/h3-9H,10-11H2,1-2H3,(H,22,25,27)/b18-9+. The van der Waals surface area contributed by atoms with E-state index in [-0.39, 0.29) is 18.4 Å². The average Bonchev–Trinajstić information content (AvgIpc) is 2.96. The Morgan fingerprint density at radius 1 is 1.21 bits per heavy atom. The molecule has 142 valence electrons. The molecule has 2 heterocycles. The Morgan fingerprint density at radius 3 is 2.75 bits per heavy atom. The van der Waals surface area contributed by atoms with Crippen molar-refractivity contribution < 1.29 is 14.3 Å². The number of thioether (sulfide) groups is 1. The first-order chi connectivity index (χ1) is 13.4. The molecule has 4 rings (SSSR count). The Morgan fingerprint density at radius 2 is 2.04 bits per heavy atom. The number of hydrogen-bond acceptors (Lipinski definition) is 5. The molecular formula is C21H18N2O3S2. The number of fused-ring (bicyclic) bond motifs is 1. The van der Waals surface area contributed by atoms with Gasteiger partial charge in [0.05, 0.1) is 17.1 Å². The van der Waals surface area contributed by atoms with E-state index < -0.39 is 0 Å². The summed E-state index contributed by atoms with van der Waals surface area (Å²) in [6.07, 6.45) is 1.77. The maximum Gasteiger partial charge on any atom is 0.265 e. The summed E-state index contributed by atoms with van der Waals surface area (Å²) in [5.41, 5.74) is 4.94. The van der Waals surface area contributed by atoms with Gasteiger partial charge in [-0.2, -0.15) is 0 Å². The molecule has 2 aromatic rings.